The lowest BCUT2D eigenvalue weighted by Crippen LogP contribution is -2.44. The number of alkyl halides is 1. The zero-order valence-electron chi connectivity index (χ0n) is 8.87. The standard InChI is InChI=1S/C13H11ClO2/c1-3-13(14)11(15)10(12(13)16-2)9-7-5-4-6-8-9/h3-8H,1H2,2H3. The second-order valence-corrected chi connectivity index (χ2v) is 4.12. The molecular formula is C13H11ClO2. The first-order chi connectivity index (χ1) is 7.65. The Balaban J connectivity index is 2.54. The Morgan fingerprint density at radius 3 is 2.50 bits per heavy atom. The first-order valence-electron chi connectivity index (χ1n) is 4.86. The first kappa shape index (κ1) is 11.0. The second-order valence-electron chi connectivity index (χ2n) is 3.52. The number of methoxy groups -OCH3 is 1. The van der Waals surface area contributed by atoms with Gasteiger partial charge in [-0.2, -0.15) is 0 Å². The molecule has 0 aromatic heterocycles. The Kier molecular flexibility index (Phi) is 2.60. The van der Waals surface area contributed by atoms with Gasteiger partial charge in [0.2, 0.25) is 0 Å². The van der Waals surface area contributed by atoms with Crippen molar-refractivity contribution in [1.29, 1.82) is 0 Å². The van der Waals surface area contributed by atoms with E-state index in [-0.39, 0.29) is 5.78 Å². The first-order valence-corrected chi connectivity index (χ1v) is 5.24. The van der Waals surface area contributed by atoms with Crippen LogP contribution in [0.2, 0.25) is 0 Å². The van der Waals surface area contributed by atoms with Gasteiger partial charge in [-0.25, -0.2) is 0 Å². The molecule has 1 aromatic carbocycles. The molecule has 1 atom stereocenters. The molecule has 1 aliphatic carbocycles. The predicted molar refractivity (Wildman–Crippen MR) is 64.2 cm³/mol. The number of allylic oxidation sites excluding steroid dienone is 2. The van der Waals surface area contributed by atoms with Crippen molar-refractivity contribution in [2.75, 3.05) is 7.11 Å². The zero-order valence-corrected chi connectivity index (χ0v) is 9.62. The highest BCUT2D eigenvalue weighted by atomic mass is 35.5. The molecule has 2 nitrogen and oxygen atoms in total. The highest BCUT2D eigenvalue weighted by Gasteiger charge is 2.52. The van der Waals surface area contributed by atoms with Crippen LogP contribution in [-0.4, -0.2) is 17.8 Å². The Morgan fingerprint density at radius 1 is 1.38 bits per heavy atom. The van der Waals surface area contributed by atoms with Crippen LogP contribution >= 0.6 is 11.6 Å². The molecule has 1 unspecified atom stereocenters. The van der Waals surface area contributed by atoms with Crippen LogP contribution in [0.15, 0.2) is 48.7 Å². The smallest absolute Gasteiger partial charge is 0.199 e. The van der Waals surface area contributed by atoms with Crippen molar-refractivity contribution in [1.82, 2.24) is 0 Å². The van der Waals surface area contributed by atoms with Crippen molar-refractivity contribution in [3.8, 4) is 0 Å². The molecule has 0 spiro atoms. The van der Waals surface area contributed by atoms with E-state index in [1.807, 2.05) is 30.3 Å². The fourth-order valence-corrected chi connectivity index (χ4v) is 2.08. The van der Waals surface area contributed by atoms with Crippen molar-refractivity contribution in [2.45, 2.75) is 4.87 Å². The monoisotopic (exact) mass is 234 g/mol. The molecule has 0 aliphatic heterocycles. The molecule has 0 heterocycles. The van der Waals surface area contributed by atoms with Gasteiger partial charge >= 0.3 is 0 Å². The van der Waals surface area contributed by atoms with E-state index in [2.05, 4.69) is 6.58 Å². The van der Waals surface area contributed by atoms with Crippen LogP contribution in [0, 0.1) is 0 Å². The van der Waals surface area contributed by atoms with E-state index in [1.54, 1.807) is 0 Å². The van der Waals surface area contributed by atoms with E-state index in [9.17, 15) is 4.79 Å². The third-order valence-electron chi connectivity index (χ3n) is 2.66. The van der Waals surface area contributed by atoms with Gasteiger partial charge in [0.25, 0.3) is 0 Å². The van der Waals surface area contributed by atoms with Crippen molar-refractivity contribution in [3.05, 3.63) is 54.3 Å². The Labute approximate surface area is 99.2 Å². The van der Waals surface area contributed by atoms with Gasteiger partial charge in [0.1, 0.15) is 5.76 Å². The quantitative estimate of drug-likeness (QED) is 0.594. The van der Waals surface area contributed by atoms with E-state index >= 15 is 0 Å². The van der Waals surface area contributed by atoms with E-state index in [0.717, 1.165) is 5.56 Å². The summed E-state index contributed by atoms with van der Waals surface area (Å²) in [7, 11) is 1.51. The largest absolute Gasteiger partial charge is 0.498 e. The van der Waals surface area contributed by atoms with E-state index in [1.165, 1.54) is 13.2 Å². The molecule has 2 rings (SSSR count). The van der Waals surface area contributed by atoms with Crippen LogP contribution < -0.4 is 0 Å². The lowest BCUT2D eigenvalue weighted by molar-refractivity contribution is -0.117. The lowest BCUT2D eigenvalue weighted by Gasteiger charge is -2.35. The van der Waals surface area contributed by atoms with Gasteiger partial charge < -0.3 is 4.74 Å². The molecule has 0 radical (unpaired) electrons. The predicted octanol–water partition coefficient (Wildman–Crippen LogP) is 2.79. The average molecular weight is 235 g/mol. The number of carbonyl (C=O) groups is 1. The third kappa shape index (κ3) is 1.30. The van der Waals surface area contributed by atoms with Crippen LogP contribution in [-0.2, 0) is 9.53 Å². The van der Waals surface area contributed by atoms with E-state index in [0.29, 0.717) is 11.3 Å². The minimum Gasteiger partial charge on any atom is -0.498 e. The van der Waals surface area contributed by atoms with Crippen molar-refractivity contribution in [2.24, 2.45) is 0 Å². The molecule has 0 saturated heterocycles. The molecule has 3 heteroatoms. The summed E-state index contributed by atoms with van der Waals surface area (Å²) in [5, 5.41) is 0. The van der Waals surface area contributed by atoms with E-state index < -0.39 is 4.87 Å². The molecule has 16 heavy (non-hydrogen) atoms. The summed E-state index contributed by atoms with van der Waals surface area (Å²) in [6.07, 6.45) is 1.40. The number of halogens is 1. The molecule has 0 amide bonds. The highest BCUT2D eigenvalue weighted by Crippen LogP contribution is 2.46. The highest BCUT2D eigenvalue weighted by molar-refractivity contribution is 6.53. The number of rotatable bonds is 3. The molecule has 0 fully saturated rings. The minimum atomic E-state index is -1.18. The van der Waals surface area contributed by atoms with Crippen LogP contribution in [0.25, 0.3) is 5.57 Å². The van der Waals surface area contributed by atoms with Gasteiger partial charge in [-0.15, -0.1) is 6.58 Å². The fourth-order valence-electron chi connectivity index (χ4n) is 1.81. The van der Waals surface area contributed by atoms with Crippen molar-refractivity contribution >= 4 is 23.0 Å². The number of hydrogen-bond donors (Lipinski definition) is 0. The molecule has 0 saturated carbocycles. The van der Waals surface area contributed by atoms with Gasteiger partial charge in [0.15, 0.2) is 10.7 Å². The van der Waals surface area contributed by atoms with Crippen LogP contribution in [0.5, 0.6) is 0 Å². The number of ketones is 1. The number of carbonyl (C=O) groups excluding carboxylic acids is 1. The van der Waals surface area contributed by atoms with Crippen LogP contribution in [0.4, 0.5) is 0 Å². The number of hydrogen-bond acceptors (Lipinski definition) is 2. The summed E-state index contributed by atoms with van der Waals surface area (Å²) in [6.45, 7) is 3.56. The maximum atomic E-state index is 11.9. The molecular weight excluding hydrogens is 224 g/mol. The van der Waals surface area contributed by atoms with Crippen LogP contribution in [0.3, 0.4) is 0 Å². The Hall–Kier alpha value is -1.54. The second kappa shape index (κ2) is 3.80. The molecule has 1 aliphatic rings. The van der Waals surface area contributed by atoms with Crippen molar-refractivity contribution in [3.63, 3.8) is 0 Å². The maximum Gasteiger partial charge on any atom is 0.199 e. The molecule has 82 valence electrons. The average Bonchev–Trinajstić information content (AvgIpc) is 2.34. The molecule has 1 aromatic rings. The number of Topliss-reactive ketones (excluding diaryl/α,β-unsaturated/α-hetero) is 1. The number of ether oxygens (including phenoxy) is 1. The zero-order chi connectivity index (χ0) is 11.8. The summed E-state index contributed by atoms with van der Waals surface area (Å²) >= 11 is 6.10. The Bertz CT molecular complexity index is 476. The normalized spacial score (nSPS) is 24.0. The number of benzene rings is 1. The van der Waals surface area contributed by atoms with Crippen molar-refractivity contribution < 1.29 is 9.53 Å². The SMILES string of the molecule is C=CC1(Cl)C(=O)C(c2ccccc2)=C1OC. The van der Waals surface area contributed by atoms with Gasteiger partial charge in [-0.1, -0.05) is 48.0 Å². The third-order valence-corrected chi connectivity index (χ3v) is 3.16. The summed E-state index contributed by atoms with van der Waals surface area (Å²) in [6, 6.07) is 9.33. The molecule has 0 N–H and O–H groups in total. The summed E-state index contributed by atoms with van der Waals surface area (Å²) < 4.78 is 5.19. The molecule has 0 bridgehead atoms. The minimum absolute atomic E-state index is 0.160. The topological polar surface area (TPSA) is 26.3 Å². The van der Waals surface area contributed by atoms with Crippen LogP contribution in [0.1, 0.15) is 5.56 Å². The Morgan fingerprint density at radius 2 is 2.00 bits per heavy atom. The van der Waals surface area contributed by atoms with Gasteiger partial charge in [-0.3, -0.25) is 4.79 Å². The summed E-state index contributed by atoms with van der Waals surface area (Å²) in [5.74, 6) is 0.313. The summed E-state index contributed by atoms with van der Waals surface area (Å²) in [5.41, 5.74) is 1.36. The van der Waals surface area contributed by atoms with Gasteiger partial charge in [0, 0.05) is 0 Å². The lowest BCUT2D eigenvalue weighted by atomic mass is 9.78. The van der Waals surface area contributed by atoms with Gasteiger partial charge in [-0.05, 0) is 5.56 Å². The fraction of sp³-hybridized carbons (Fsp3) is 0.154. The van der Waals surface area contributed by atoms with Gasteiger partial charge in [0.05, 0.1) is 12.7 Å². The van der Waals surface area contributed by atoms with E-state index in [4.69, 9.17) is 16.3 Å². The summed E-state index contributed by atoms with van der Waals surface area (Å²) in [4.78, 5) is 10.8. The maximum absolute atomic E-state index is 11.9.